The van der Waals surface area contributed by atoms with E-state index in [9.17, 15) is 8.42 Å². The maximum Gasteiger partial charge on any atom is 0.240 e. The lowest BCUT2D eigenvalue weighted by Crippen LogP contribution is -2.25. The lowest BCUT2D eigenvalue weighted by atomic mass is 10.1. The maximum atomic E-state index is 12.1. The van der Waals surface area contributed by atoms with Crippen LogP contribution in [-0.2, 0) is 22.9 Å². The van der Waals surface area contributed by atoms with Crippen LogP contribution < -0.4 is 4.72 Å². The van der Waals surface area contributed by atoms with Gasteiger partial charge in [0, 0.05) is 6.54 Å². The van der Waals surface area contributed by atoms with Gasteiger partial charge in [-0.05, 0) is 52.9 Å². The van der Waals surface area contributed by atoms with Crippen LogP contribution in [0, 0.1) is 0 Å². The number of benzene rings is 1. The lowest BCUT2D eigenvalue weighted by molar-refractivity contribution is 0.581. The quantitative estimate of drug-likeness (QED) is 0.853. The molecule has 0 aliphatic heterocycles. The van der Waals surface area contributed by atoms with Crippen LogP contribution in [0.15, 0.2) is 46.0 Å². The molecule has 1 aromatic carbocycles. The number of hydrogen-bond donors (Lipinski definition) is 1. The lowest BCUT2D eigenvalue weighted by Gasteiger charge is -2.07. The van der Waals surface area contributed by atoms with Gasteiger partial charge in [-0.15, -0.1) is 0 Å². The topological polar surface area (TPSA) is 46.2 Å². The molecule has 2 aromatic rings. The molecule has 0 fully saturated rings. The van der Waals surface area contributed by atoms with Gasteiger partial charge in [-0.1, -0.05) is 25.5 Å². The minimum atomic E-state index is -3.39. The van der Waals surface area contributed by atoms with Crippen LogP contribution in [0.4, 0.5) is 0 Å². The summed E-state index contributed by atoms with van der Waals surface area (Å²) < 4.78 is 26.9. The molecule has 2 rings (SSSR count). The normalized spacial score (nSPS) is 11.7. The van der Waals surface area contributed by atoms with Gasteiger partial charge in [0.1, 0.15) is 0 Å². The maximum absolute atomic E-state index is 12.1. The summed E-state index contributed by atoms with van der Waals surface area (Å²) in [7, 11) is -3.39. The van der Waals surface area contributed by atoms with E-state index >= 15 is 0 Å². The average Bonchev–Trinajstić information content (AvgIpc) is 2.93. The second kappa shape index (κ2) is 7.02. The summed E-state index contributed by atoms with van der Waals surface area (Å²) >= 11 is 1.62. The molecule has 1 heterocycles. The molecule has 5 heteroatoms. The number of hydrogen-bond acceptors (Lipinski definition) is 3. The molecule has 0 atom stereocenters. The van der Waals surface area contributed by atoms with Crippen LogP contribution in [0.2, 0.25) is 0 Å². The molecular formula is C15H19NO2S2. The molecule has 1 aromatic heterocycles. The summed E-state index contributed by atoms with van der Waals surface area (Å²) in [5.74, 6) is 0. The van der Waals surface area contributed by atoms with E-state index in [2.05, 4.69) is 11.6 Å². The van der Waals surface area contributed by atoms with E-state index in [1.54, 1.807) is 23.5 Å². The van der Waals surface area contributed by atoms with Gasteiger partial charge in [-0.2, -0.15) is 11.3 Å². The third-order valence-corrected chi connectivity index (χ3v) is 5.27. The van der Waals surface area contributed by atoms with E-state index in [0.717, 1.165) is 24.8 Å². The van der Waals surface area contributed by atoms with Gasteiger partial charge in [0.2, 0.25) is 10.0 Å². The highest BCUT2D eigenvalue weighted by atomic mass is 32.2. The summed E-state index contributed by atoms with van der Waals surface area (Å²) in [6.07, 6.45) is 2.76. The van der Waals surface area contributed by atoms with Gasteiger partial charge in [0.05, 0.1) is 4.90 Å². The van der Waals surface area contributed by atoms with Gasteiger partial charge >= 0.3 is 0 Å². The third-order valence-electron chi connectivity index (χ3n) is 3.06. The first-order valence-corrected chi connectivity index (χ1v) is 9.14. The van der Waals surface area contributed by atoms with E-state index in [4.69, 9.17) is 0 Å². The zero-order chi connectivity index (χ0) is 14.4. The monoisotopic (exact) mass is 309 g/mol. The van der Waals surface area contributed by atoms with Crippen molar-refractivity contribution in [3.8, 4) is 0 Å². The van der Waals surface area contributed by atoms with Crippen LogP contribution in [0.1, 0.15) is 24.5 Å². The van der Waals surface area contributed by atoms with Crippen LogP contribution >= 0.6 is 11.3 Å². The summed E-state index contributed by atoms with van der Waals surface area (Å²) in [6.45, 7) is 2.53. The predicted octanol–water partition coefficient (Wildman–Crippen LogP) is 3.22. The van der Waals surface area contributed by atoms with Crippen LogP contribution in [-0.4, -0.2) is 15.0 Å². The molecule has 3 nitrogen and oxygen atoms in total. The fraction of sp³-hybridized carbons (Fsp3) is 0.333. The second-order valence-electron chi connectivity index (χ2n) is 4.67. The van der Waals surface area contributed by atoms with Crippen LogP contribution in [0.25, 0.3) is 0 Å². The van der Waals surface area contributed by atoms with E-state index in [1.807, 2.05) is 29.0 Å². The number of thiophene rings is 1. The van der Waals surface area contributed by atoms with Crippen molar-refractivity contribution < 1.29 is 8.42 Å². The van der Waals surface area contributed by atoms with Crippen molar-refractivity contribution in [3.05, 3.63) is 52.2 Å². The smallest absolute Gasteiger partial charge is 0.211 e. The average molecular weight is 309 g/mol. The Morgan fingerprint density at radius 1 is 1.05 bits per heavy atom. The van der Waals surface area contributed by atoms with Crippen molar-refractivity contribution in [2.45, 2.75) is 31.1 Å². The zero-order valence-electron chi connectivity index (χ0n) is 11.5. The highest BCUT2D eigenvalue weighted by Crippen LogP contribution is 2.12. The molecule has 20 heavy (non-hydrogen) atoms. The molecule has 0 unspecified atom stereocenters. The molecule has 0 aliphatic carbocycles. The van der Waals surface area contributed by atoms with Crippen molar-refractivity contribution in [1.82, 2.24) is 4.72 Å². The molecule has 0 saturated heterocycles. The Kier molecular flexibility index (Phi) is 5.34. The van der Waals surface area contributed by atoms with E-state index < -0.39 is 10.0 Å². The fourth-order valence-electron chi connectivity index (χ4n) is 1.97. The van der Waals surface area contributed by atoms with Gasteiger partial charge in [-0.25, -0.2) is 13.1 Å². The highest BCUT2D eigenvalue weighted by Gasteiger charge is 2.12. The third kappa shape index (κ3) is 4.16. The Hall–Kier alpha value is -1.17. The van der Waals surface area contributed by atoms with E-state index in [-0.39, 0.29) is 0 Å². The minimum Gasteiger partial charge on any atom is -0.211 e. The molecule has 1 N–H and O–H groups in total. The molecule has 0 radical (unpaired) electrons. The first kappa shape index (κ1) is 15.2. The molecule has 0 bridgehead atoms. The second-order valence-corrected chi connectivity index (χ2v) is 7.22. The van der Waals surface area contributed by atoms with Crippen molar-refractivity contribution >= 4 is 21.4 Å². The fourth-order valence-corrected chi connectivity index (χ4v) is 3.71. The highest BCUT2D eigenvalue weighted by molar-refractivity contribution is 7.89. The number of sulfonamides is 1. The molecule has 0 amide bonds. The van der Waals surface area contributed by atoms with Gasteiger partial charge < -0.3 is 0 Å². The Bertz CT molecular complexity index is 616. The van der Waals surface area contributed by atoms with Crippen molar-refractivity contribution in [2.75, 3.05) is 6.54 Å². The molecular weight excluding hydrogens is 290 g/mol. The molecule has 0 spiro atoms. The van der Waals surface area contributed by atoms with Crippen LogP contribution in [0.5, 0.6) is 0 Å². The first-order valence-electron chi connectivity index (χ1n) is 6.71. The van der Waals surface area contributed by atoms with Crippen molar-refractivity contribution in [1.29, 1.82) is 0 Å². The largest absolute Gasteiger partial charge is 0.240 e. The minimum absolute atomic E-state index is 0.336. The summed E-state index contributed by atoms with van der Waals surface area (Å²) in [6, 6.07) is 9.14. The zero-order valence-corrected chi connectivity index (χ0v) is 13.1. The number of nitrogens with one attached hydrogen (secondary N) is 1. The molecule has 108 valence electrons. The van der Waals surface area contributed by atoms with E-state index in [1.165, 1.54) is 5.56 Å². The number of aryl methyl sites for hydroxylation is 1. The molecule has 0 aliphatic rings. The van der Waals surface area contributed by atoms with Crippen LogP contribution in [0.3, 0.4) is 0 Å². The summed E-state index contributed by atoms with van der Waals surface area (Å²) in [5.41, 5.74) is 2.33. The Morgan fingerprint density at radius 2 is 1.80 bits per heavy atom. The number of rotatable bonds is 7. The Labute approximate surface area is 124 Å². The SMILES string of the molecule is CCCc1ccc(S(=O)(=O)NCCc2ccsc2)cc1. The van der Waals surface area contributed by atoms with E-state index in [0.29, 0.717) is 11.4 Å². The molecule has 0 saturated carbocycles. The van der Waals surface area contributed by atoms with Gasteiger partial charge in [-0.3, -0.25) is 0 Å². The summed E-state index contributed by atoms with van der Waals surface area (Å²) in [4.78, 5) is 0.336. The van der Waals surface area contributed by atoms with Gasteiger partial charge in [0.25, 0.3) is 0 Å². The Morgan fingerprint density at radius 3 is 2.40 bits per heavy atom. The standard InChI is InChI=1S/C15H19NO2S2/c1-2-3-13-4-6-15(7-5-13)20(17,18)16-10-8-14-9-11-19-12-14/h4-7,9,11-12,16H,2-3,8,10H2,1H3. The first-order chi connectivity index (χ1) is 9.62. The Balaban J connectivity index is 1.95. The van der Waals surface area contributed by atoms with Crippen molar-refractivity contribution in [2.24, 2.45) is 0 Å². The summed E-state index contributed by atoms with van der Waals surface area (Å²) in [5, 5.41) is 4.03. The van der Waals surface area contributed by atoms with Gasteiger partial charge in [0.15, 0.2) is 0 Å². The predicted molar refractivity (Wildman–Crippen MR) is 83.6 cm³/mol. The van der Waals surface area contributed by atoms with Crippen molar-refractivity contribution in [3.63, 3.8) is 0 Å².